The number of nitrogens with zero attached hydrogens (tertiary/aromatic N) is 1. The predicted octanol–water partition coefficient (Wildman–Crippen LogP) is 6.50. The van der Waals surface area contributed by atoms with Gasteiger partial charge in [0.15, 0.2) is 0 Å². The van der Waals surface area contributed by atoms with Crippen LogP contribution in [0.1, 0.15) is 90.4 Å². The van der Waals surface area contributed by atoms with E-state index in [2.05, 4.69) is 43.4 Å². The molecule has 0 aromatic carbocycles. The molecule has 0 aromatic rings. The highest BCUT2D eigenvalue weighted by Gasteiger charge is 2.13. The smallest absolute Gasteiger partial charge is 0.305 e. The molecule has 0 aliphatic heterocycles. The standard InChI is InChI=1S/C28H52NO6P/c1-5-6-7-8-9-10-11-12-13-14-15-16-17-18-19-20-21-23-28(30)33-25-22-26-34-36(31,32)35-27-24-29(2,3)4/h12-13,15-16,18-19H,5-11,14,17,20-27H2,1-4H3/b13-12-,16-15-,19-18-. The van der Waals surface area contributed by atoms with Gasteiger partial charge < -0.3 is 23.2 Å². The molecule has 0 amide bonds. The number of hydrogen-bond acceptors (Lipinski definition) is 6. The van der Waals surface area contributed by atoms with Crippen molar-refractivity contribution in [2.75, 3.05) is 47.5 Å². The normalized spacial score (nSPS) is 14.2. The molecule has 0 aliphatic rings. The van der Waals surface area contributed by atoms with Crippen LogP contribution in [0.2, 0.25) is 0 Å². The number of hydrogen-bond donors (Lipinski definition) is 0. The highest BCUT2D eigenvalue weighted by molar-refractivity contribution is 7.45. The molecule has 0 radical (unpaired) electrons. The molecule has 0 aliphatic carbocycles. The Hall–Kier alpha value is -1.24. The zero-order valence-corrected chi connectivity index (χ0v) is 24.2. The summed E-state index contributed by atoms with van der Waals surface area (Å²) in [4.78, 5) is 23.4. The SMILES string of the molecule is CCCCCCCC/C=C\C/C=C\C/C=C\CCCC(=O)OCCCOP(=O)([O-])OCC[N+](C)(C)C. The molecule has 0 rings (SSSR count). The van der Waals surface area contributed by atoms with Gasteiger partial charge in [0.1, 0.15) is 13.2 Å². The van der Waals surface area contributed by atoms with Crippen molar-refractivity contribution in [3.05, 3.63) is 36.5 Å². The largest absolute Gasteiger partial charge is 0.756 e. The molecule has 0 heterocycles. The maximum absolute atomic E-state index is 11.8. The molecule has 7 nitrogen and oxygen atoms in total. The van der Waals surface area contributed by atoms with Crippen molar-refractivity contribution in [1.82, 2.24) is 0 Å². The number of rotatable bonds is 24. The molecule has 0 fully saturated rings. The van der Waals surface area contributed by atoms with Gasteiger partial charge in [0.25, 0.3) is 7.82 Å². The maximum atomic E-state index is 11.8. The Kier molecular flexibility index (Phi) is 22.1. The summed E-state index contributed by atoms with van der Waals surface area (Å²) in [7, 11) is 1.53. The zero-order valence-electron chi connectivity index (χ0n) is 23.3. The Bertz CT molecular complexity index is 669. The van der Waals surface area contributed by atoms with E-state index in [1.165, 1.54) is 44.9 Å². The van der Waals surface area contributed by atoms with Crippen LogP contribution < -0.4 is 4.89 Å². The second kappa shape index (κ2) is 22.9. The lowest BCUT2D eigenvalue weighted by Gasteiger charge is -2.27. The summed E-state index contributed by atoms with van der Waals surface area (Å²) in [5.74, 6) is -0.277. The maximum Gasteiger partial charge on any atom is 0.305 e. The van der Waals surface area contributed by atoms with Gasteiger partial charge in [-0.25, -0.2) is 0 Å². The Morgan fingerprint density at radius 3 is 1.94 bits per heavy atom. The number of carbonyl (C=O) groups is 1. The Morgan fingerprint density at radius 2 is 1.31 bits per heavy atom. The van der Waals surface area contributed by atoms with Crippen LogP contribution >= 0.6 is 7.82 Å². The van der Waals surface area contributed by atoms with Crippen LogP contribution in [0.5, 0.6) is 0 Å². The van der Waals surface area contributed by atoms with E-state index in [9.17, 15) is 14.3 Å². The van der Waals surface area contributed by atoms with E-state index in [0.29, 0.717) is 23.9 Å². The van der Waals surface area contributed by atoms with Crippen molar-refractivity contribution in [2.24, 2.45) is 0 Å². The third-order valence-electron chi connectivity index (χ3n) is 5.33. The van der Waals surface area contributed by atoms with Crippen molar-refractivity contribution >= 4 is 13.8 Å². The summed E-state index contributed by atoms with van der Waals surface area (Å²) in [5, 5.41) is 0. The zero-order chi connectivity index (χ0) is 27.0. The summed E-state index contributed by atoms with van der Waals surface area (Å²) in [6.45, 7) is 2.94. The second-order valence-corrected chi connectivity index (χ2v) is 11.4. The van der Waals surface area contributed by atoms with E-state index in [1.54, 1.807) is 0 Å². The summed E-state index contributed by atoms with van der Waals surface area (Å²) >= 11 is 0. The van der Waals surface area contributed by atoms with Gasteiger partial charge in [0.05, 0.1) is 34.4 Å². The lowest BCUT2D eigenvalue weighted by atomic mass is 10.1. The van der Waals surface area contributed by atoms with E-state index in [1.807, 2.05) is 21.1 Å². The minimum absolute atomic E-state index is 0.0659. The van der Waals surface area contributed by atoms with Gasteiger partial charge in [-0.1, -0.05) is 75.5 Å². The molecular formula is C28H52NO6P. The van der Waals surface area contributed by atoms with Crippen molar-refractivity contribution in [3.8, 4) is 0 Å². The van der Waals surface area contributed by atoms with Crippen LogP contribution in [0, 0.1) is 0 Å². The van der Waals surface area contributed by atoms with Crippen LogP contribution in [0.25, 0.3) is 0 Å². The van der Waals surface area contributed by atoms with Crippen LogP contribution in [0.4, 0.5) is 0 Å². The van der Waals surface area contributed by atoms with E-state index >= 15 is 0 Å². The second-order valence-electron chi connectivity index (χ2n) is 10.0. The molecule has 210 valence electrons. The molecule has 0 saturated heterocycles. The minimum atomic E-state index is -4.31. The average Bonchev–Trinajstić information content (AvgIpc) is 2.79. The first-order chi connectivity index (χ1) is 17.2. The number of ether oxygens (including phenoxy) is 1. The quantitative estimate of drug-likeness (QED) is 0.0467. The number of phosphoric ester groups is 1. The number of likely N-dealkylation sites (N-methyl/N-ethyl adjacent to an activating group) is 1. The van der Waals surface area contributed by atoms with E-state index < -0.39 is 7.82 Å². The van der Waals surface area contributed by atoms with Gasteiger partial charge in [-0.15, -0.1) is 0 Å². The summed E-state index contributed by atoms with van der Waals surface area (Å²) in [6, 6.07) is 0. The third kappa shape index (κ3) is 27.3. The molecule has 1 unspecified atom stereocenters. The Balaban J connectivity index is 3.58. The molecule has 36 heavy (non-hydrogen) atoms. The topological polar surface area (TPSA) is 84.9 Å². The monoisotopic (exact) mass is 529 g/mol. The van der Waals surface area contributed by atoms with Crippen LogP contribution in [0.15, 0.2) is 36.5 Å². The number of allylic oxidation sites excluding steroid dienone is 6. The minimum Gasteiger partial charge on any atom is -0.756 e. The summed E-state index contributed by atoms with van der Waals surface area (Å²) in [5.41, 5.74) is 0. The summed E-state index contributed by atoms with van der Waals surface area (Å²) < 4.78 is 27.0. The molecular weight excluding hydrogens is 477 g/mol. The lowest BCUT2D eigenvalue weighted by Crippen LogP contribution is -2.37. The molecule has 1 atom stereocenters. The van der Waals surface area contributed by atoms with Gasteiger partial charge in [-0.05, 0) is 38.5 Å². The van der Waals surface area contributed by atoms with Crippen molar-refractivity contribution in [2.45, 2.75) is 90.4 Å². The number of unbranched alkanes of at least 4 members (excludes halogenated alkanes) is 7. The fraction of sp³-hybridized carbons (Fsp3) is 0.750. The van der Waals surface area contributed by atoms with E-state index in [0.717, 1.165) is 25.7 Å². The van der Waals surface area contributed by atoms with Crippen LogP contribution in [-0.4, -0.2) is 58.0 Å². The Morgan fingerprint density at radius 1 is 0.750 bits per heavy atom. The van der Waals surface area contributed by atoms with Crippen molar-refractivity contribution < 1.29 is 32.5 Å². The van der Waals surface area contributed by atoms with Crippen molar-refractivity contribution in [3.63, 3.8) is 0 Å². The fourth-order valence-corrected chi connectivity index (χ4v) is 3.87. The number of quaternary nitrogens is 1. The van der Waals surface area contributed by atoms with Gasteiger partial charge in [0, 0.05) is 12.8 Å². The molecule has 0 N–H and O–H groups in total. The highest BCUT2D eigenvalue weighted by Crippen LogP contribution is 2.38. The highest BCUT2D eigenvalue weighted by atomic mass is 31.2. The van der Waals surface area contributed by atoms with Gasteiger partial charge in [-0.2, -0.15) is 0 Å². The van der Waals surface area contributed by atoms with Gasteiger partial charge in [0.2, 0.25) is 0 Å². The number of phosphoric acid groups is 1. The average molecular weight is 530 g/mol. The van der Waals surface area contributed by atoms with Gasteiger partial charge >= 0.3 is 5.97 Å². The molecule has 0 aromatic heterocycles. The summed E-state index contributed by atoms with van der Waals surface area (Å²) in [6.07, 6.45) is 26.4. The lowest BCUT2D eigenvalue weighted by molar-refractivity contribution is -0.870. The van der Waals surface area contributed by atoms with Crippen LogP contribution in [0.3, 0.4) is 0 Å². The number of carbonyl (C=O) groups excluding carboxylic acids is 1. The first-order valence-electron chi connectivity index (χ1n) is 13.7. The fourth-order valence-electron chi connectivity index (χ4n) is 3.14. The first-order valence-corrected chi connectivity index (χ1v) is 15.1. The molecule has 8 heteroatoms. The molecule has 0 saturated carbocycles. The third-order valence-corrected chi connectivity index (χ3v) is 6.33. The van der Waals surface area contributed by atoms with Crippen molar-refractivity contribution in [1.29, 1.82) is 0 Å². The van der Waals surface area contributed by atoms with Crippen LogP contribution in [-0.2, 0) is 23.1 Å². The van der Waals surface area contributed by atoms with E-state index in [4.69, 9.17) is 13.8 Å². The van der Waals surface area contributed by atoms with Gasteiger partial charge in [-0.3, -0.25) is 9.36 Å². The first kappa shape index (κ1) is 34.8. The molecule has 0 bridgehead atoms. The predicted molar refractivity (Wildman–Crippen MR) is 146 cm³/mol. The molecule has 0 spiro atoms. The Labute approximate surface area is 220 Å². The number of esters is 1. The van der Waals surface area contributed by atoms with E-state index in [-0.39, 0.29) is 25.8 Å².